The van der Waals surface area contributed by atoms with E-state index < -0.39 is 0 Å². The molecule has 0 aliphatic carbocycles. The van der Waals surface area contributed by atoms with E-state index in [4.69, 9.17) is 4.74 Å². The quantitative estimate of drug-likeness (QED) is 0.663. The Kier molecular flexibility index (Phi) is 4.22. The SMILES string of the molecule is CCOCC(=O)N1CCCC1CC. The zero-order valence-corrected chi connectivity index (χ0v) is 8.58. The molecule has 1 aliphatic heterocycles. The summed E-state index contributed by atoms with van der Waals surface area (Å²) in [6.07, 6.45) is 3.38. The summed E-state index contributed by atoms with van der Waals surface area (Å²) in [7, 11) is 0. The fraction of sp³-hybridized carbons (Fsp3) is 0.900. The number of likely N-dealkylation sites (tertiary alicyclic amines) is 1. The molecule has 1 fully saturated rings. The fourth-order valence-electron chi connectivity index (χ4n) is 1.86. The number of amides is 1. The molecule has 0 N–H and O–H groups in total. The van der Waals surface area contributed by atoms with Crippen LogP contribution in [0.4, 0.5) is 0 Å². The third-order valence-electron chi connectivity index (χ3n) is 2.60. The number of hydrogen-bond donors (Lipinski definition) is 0. The van der Waals surface area contributed by atoms with Gasteiger partial charge in [-0.2, -0.15) is 0 Å². The van der Waals surface area contributed by atoms with Crippen molar-refractivity contribution in [1.82, 2.24) is 4.90 Å². The van der Waals surface area contributed by atoms with Gasteiger partial charge in [-0.3, -0.25) is 4.79 Å². The van der Waals surface area contributed by atoms with E-state index in [1.807, 2.05) is 11.8 Å². The topological polar surface area (TPSA) is 29.5 Å². The zero-order chi connectivity index (χ0) is 9.68. The molecule has 3 heteroatoms. The minimum atomic E-state index is 0.159. The van der Waals surface area contributed by atoms with Crippen molar-refractivity contribution in [3.05, 3.63) is 0 Å². The van der Waals surface area contributed by atoms with Gasteiger partial charge in [0.2, 0.25) is 5.91 Å². The summed E-state index contributed by atoms with van der Waals surface area (Å²) < 4.78 is 5.11. The van der Waals surface area contributed by atoms with Crippen LogP contribution in [0.25, 0.3) is 0 Å². The second kappa shape index (κ2) is 5.22. The number of carbonyl (C=O) groups excluding carboxylic acids is 1. The highest BCUT2D eigenvalue weighted by molar-refractivity contribution is 5.78. The Labute approximate surface area is 80.1 Å². The van der Waals surface area contributed by atoms with Crippen molar-refractivity contribution in [1.29, 1.82) is 0 Å². The predicted octanol–water partition coefficient (Wildman–Crippen LogP) is 1.42. The molecule has 13 heavy (non-hydrogen) atoms. The Morgan fingerprint density at radius 1 is 1.54 bits per heavy atom. The van der Waals surface area contributed by atoms with Crippen LogP contribution in [0.5, 0.6) is 0 Å². The first-order valence-corrected chi connectivity index (χ1v) is 5.16. The molecular formula is C10H19NO2. The van der Waals surface area contributed by atoms with Crippen LogP contribution in [-0.4, -0.2) is 36.6 Å². The lowest BCUT2D eigenvalue weighted by Crippen LogP contribution is -2.37. The monoisotopic (exact) mass is 185 g/mol. The maximum Gasteiger partial charge on any atom is 0.248 e. The van der Waals surface area contributed by atoms with Gasteiger partial charge in [0.1, 0.15) is 6.61 Å². The summed E-state index contributed by atoms with van der Waals surface area (Å²) >= 11 is 0. The van der Waals surface area contributed by atoms with Crippen molar-refractivity contribution in [2.45, 2.75) is 39.2 Å². The van der Waals surface area contributed by atoms with Crippen LogP contribution in [0.2, 0.25) is 0 Å². The van der Waals surface area contributed by atoms with E-state index in [1.165, 1.54) is 0 Å². The van der Waals surface area contributed by atoms with Crippen LogP contribution in [0.1, 0.15) is 33.1 Å². The maximum absolute atomic E-state index is 11.6. The van der Waals surface area contributed by atoms with Crippen molar-refractivity contribution in [3.8, 4) is 0 Å². The third-order valence-corrected chi connectivity index (χ3v) is 2.60. The van der Waals surface area contributed by atoms with E-state index >= 15 is 0 Å². The molecule has 0 spiro atoms. The highest BCUT2D eigenvalue weighted by Crippen LogP contribution is 2.19. The lowest BCUT2D eigenvalue weighted by atomic mass is 10.2. The lowest BCUT2D eigenvalue weighted by Gasteiger charge is -2.23. The molecule has 3 nitrogen and oxygen atoms in total. The van der Waals surface area contributed by atoms with Gasteiger partial charge < -0.3 is 9.64 Å². The molecule has 1 rings (SSSR count). The van der Waals surface area contributed by atoms with E-state index in [0.29, 0.717) is 12.6 Å². The Morgan fingerprint density at radius 3 is 2.92 bits per heavy atom. The summed E-state index contributed by atoms with van der Waals surface area (Å²) in [6, 6.07) is 0.466. The largest absolute Gasteiger partial charge is 0.372 e. The van der Waals surface area contributed by atoms with Crippen LogP contribution in [-0.2, 0) is 9.53 Å². The van der Waals surface area contributed by atoms with Crippen LogP contribution in [0, 0.1) is 0 Å². The first-order valence-electron chi connectivity index (χ1n) is 5.16. The fourth-order valence-corrected chi connectivity index (χ4v) is 1.86. The zero-order valence-electron chi connectivity index (χ0n) is 8.58. The van der Waals surface area contributed by atoms with Crippen LogP contribution < -0.4 is 0 Å². The minimum Gasteiger partial charge on any atom is -0.372 e. The van der Waals surface area contributed by atoms with E-state index in [9.17, 15) is 4.79 Å². The van der Waals surface area contributed by atoms with Crippen LogP contribution in [0.15, 0.2) is 0 Å². The first-order chi connectivity index (χ1) is 6.29. The Bertz CT molecular complexity index is 170. The van der Waals surface area contributed by atoms with Gasteiger partial charge in [0.15, 0.2) is 0 Å². The van der Waals surface area contributed by atoms with Crippen molar-refractivity contribution < 1.29 is 9.53 Å². The second-order valence-corrected chi connectivity index (χ2v) is 3.43. The summed E-state index contributed by atoms with van der Waals surface area (Å²) in [5.41, 5.74) is 0. The van der Waals surface area contributed by atoms with Crippen LogP contribution >= 0.6 is 0 Å². The Balaban J connectivity index is 2.36. The number of ether oxygens (including phenoxy) is 1. The van der Waals surface area contributed by atoms with Gasteiger partial charge in [0, 0.05) is 19.2 Å². The molecule has 0 radical (unpaired) electrons. The van der Waals surface area contributed by atoms with Crippen molar-refractivity contribution in [2.24, 2.45) is 0 Å². The van der Waals surface area contributed by atoms with Crippen LogP contribution in [0.3, 0.4) is 0 Å². The summed E-state index contributed by atoms with van der Waals surface area (Å²) in [6.45, 7) is 5.85. The molecule has 0 bridgehead atoms. The summed E-state index contributed by atoms with van der Waals surface area (Å²) in [4.78, 5) is 13.5. The molecule has 0 aromatic rings. The molecule has 0 aromatic carbocycles. The second-order valence-electron chi connectivity index (χ2n) is 3.43. The lowest BCUT2D eigenvalue weighted by molar-refractivity contribution is -0.136. The normalized spacial score (nSPS) is 22.3. The molecule has 1 atom stereocenters. The average Bonchev–Trinajstić information content (AvgIpc) is 2.61. The molecule has 0 aromatic heterocycles. The first kappa shape index (κ1) is 10.5. The molecule has 1 amide bonds. The number of nitrogens with zero attached hydrogens (tertiary/aromatic N) is 1. The molecule has 1 heterocycles. The third kappa shape index (κ3) is 2.69. The number of hydrogen-bond acceptors (Lipinski definition) is 2. The molecular weight excluding hydrogens is 166 g/mol. The van der Waals surface area contributed by atoms with E-state index in [-0.39, 0.29) is 12.5 Å². The van der Waals surface area contributed by atoms with E-state index in [0.717, 1.165) is 25.8 Å². The maximum atomic E-state index is 11.6. The van der Waals surface area contributed by atoms with Crippen molar-refractivity contribution in [3.63, 3.8) is 0 Å². The van der Waals surface area contributed by atoms with E-state index in [2.05, 4.69) is 6.92 Å². The molecule has 1 saturated heterocycles. The molecule has 0 saturated carbocycles. The van der Waals surface area contributed by atoms with E-state index in [1.54, 1.807) is 0 Å². The number of carbonyl (C=O) groups is 1. The molecule has 1 aliphatic rings. The molecule has 1 unspecified atom stereocenters. The van der Waals surface area contributed by atoms with Gasteiger partial charge in [-0.1, -0.05) is 6.92 Å². The van der Waals surface area contributed by atoms with Crippen molar-refractivity contribution >= 4 is 5.91 Å². The summed E-state index contributed by atoms with van der Waals surface area (Å²) in [5.74, 6) is 0.159. The Hall–Kier alpha value is -0.570. The molecule has 76 valence electrons. The average molecular weight is 185 g/mol. The Morgan fingerprint density at radius 2 is 2.31 bits per heavy atom. The van der Waals surface area contributed by atoms with Crippen molar-refractivity contribution in [2.75, 3.05) is 19.8 Å². The van der Waals surface area contributed by atoms with Gasteiger partial charge in [-0.25, -0.2) is 0 Å². The smallest absolute Gasteiger partial charge is 0.248 e. The standard InChI is InChI=1S/C10H19NO2/c1-3-9-6-5-7-11(9)10(12)8-13-4-2/h9H,3-8H2,1-2H3. The predicted molar refractivity (Wildman–Crippen MR) is 51.5 cm³/mol. The van der Waals surface area contributed by atoms with Gasteiger partial charge >= 0.3 is 0 Å². The van der Waals surface area contributed by atoms with Gasteiger partial charge in [-0.15, -0.1) is 0 Å². The highest BCUT2D eigenvalue weighted by Gasteiger charge is 2.26. The van der Waals surface area contributed by atoms with Gasteiger partial charge in [0.05, 0.1) is 0 Å². The van der Waals surface area contributed by atoms with Gasteiger partial charge in [0.25, 0.3) is 0 Å². The summed E-state index contributed by atoms with van der Waals surface area (Å²) in [5, 5.41) is 0. The minimum absolute atomic E-state index is 0.159. The van der Waals surface area contributed by atoms with Gasteiger partial charge in [-0.05, 0) is 26.2 Å². The highest BCUT2D eigenvalue weighted by atomic mass is 16.5. The number of rotatable bonds is 4.